The fourth-order valence-electron chi connectivity index (χ4n) is 3.22. The van der Waals surface area contributed by atoms with E-state index in [0.717, 1.165) is 0 Å². The lowest BCUT2D eigenvalue weighted by atomic mass is 10.0. The molecule has 0 fully saturated rings. The van der Waals surface area contributed by atoms with Crippen LogP contribution in [0.25, 0.3) is 0 Å². The third-order valence-electron chi connectivity index (χ3n) is 4.96. The van der Waals surface area contributed by atoms with Crippen LogP contribution in [0.5, 0.6) is 5.75 Å². The molecule has 0 aliphatic carbocycles. The Morgan fingerprint density at radius 2 is 1.18 bits per heavy atom. The fraction of sp³-hybridized carbons (Fsp3) is 0.160. The quantitative estimate of drug-likeness (QED) is 0.257. The van der Waals surface area contributed by atoms with E-state index in [2.05, 4.69) is 6.58 Å². The Labute approximate surface area is 194 Å². The zero-order valence-electron chi connectivity index (χ0n) is 18.0. The first-order chi connectivity index (χ1) is 15.6. The van der Waals surface area contributed by atoms with E-state index in [-0.39, 0.29) is 21.1 Å². The molecule has 8 heteroatoms. The molecular formula is C25H24O6S2. The van der Waals surface area contributed by atoms with Gasteiger partial charge >= 0.3 is 5.97 Å². The summed E-state index contributed by atoms with van der Waals surface area (Å²) in [5.41, 5.74) is 0.740. The van der Waals surface area contributed by atoms with Crippen molar-refractivity contribution in [2.75, 3.05) is 11.5 Å². The molecule has 3 aromatic carbocycles. The second-order valence-electron chi connectivity index (χ2n) is 7.62. The summed E-state index contributed by atoms with van der Waals surface area (Å²) in [6.07, 6.45) is 0. The first kappa shape index (κ1) is 24.4. The zero-order chi connectivity index (χ0) is 24.1. The van der Waals surface area contributed by atoms with Gasteiger partial charge in [0.2, 0.25) is 0 Å². The molecule has 0 aliphatic heterocycles. The second kappa shape index (κ2) is 10.1. The van der Waals surface area contributed by atoms with E-state index in [1.807, 2.05) is 0 Å². The monoisotopic (exact) mass is 484 g/mol. The molecule has 0 saturated carbocycles. The van der Waals surface area contributed by atoms with Crippen LogP contribution >= 0.6 is 0 Å². The molecule has 0 aromatic heterocycles. The van der Waals surface area contributed by atoms with Crippen molar-refractivity contribution in [3.8, 4) is 5.75 Å². The van der Waals surface area contributed by atoms with Gasteiger partial charge in [0.05, 0.1) is 21.3 Å². The van der Waals surface area contributed by atoms with E-state index in [0.29, 0.717) is 5.56 Å². The van der Waals surface area contributed by atoms with Crippen molar-refractivity contribution in [2.45, 2.75) is 22.6 Å². The van der Waals surface area contributed by atoms with E-state index < -0.39 is 43.1 Å². The Hall–Kier alpha value is -3.23. The van der Waals surface area contributed by atoms with Crippen LogP contribution in [0.3, 0.4) is 0 Å². The van der Waals surface area contributed by atoms with Gasteiger partial charge in [-0.05, 0) is 48.9 Å². The van der Waals surface area contributed by atoms with Crippen molar-refractivity contribution in [3.63, 3.8) is 0 Å². The molecule has 0 saturated heterocycles. The number of carbonyl (C=O) groups excluding carboxylic acids is 1. The largest absolute Gasteiger partial charge is 0.423 e. The maximum atomic E-state index is 13.1. The minimum absolute atomic E-state index is 0.124. The summed E-state index contributed by atoms with van der Waals surface area (Å²) in [4.78, 5) is 12.0. The maximum Gasteiger partial charge on any atom is 0.338 e. The average molecular weight is 485 g/mol. The van der Waals surface area contributed by atoms with E-state index >= 15 is 0 Å². The molecule has 0 N–H and O–H groups in total. The van der Waals surface area contributed by atoms with Gasteiger partial charge in [0.15, 0.2) is 19.7 Å². The molecule has 172 valence electrons. The first-order valence-electron chi connectivity index (χ1n) is 10.1. The Bertz CT molecular complexity index is 1260. The van der Waals surface area contributed by atoms with Gasteiger partial charge in [0.25, 0.3) is 0 Å². The predicted molar refractivity (Wildman–Crippen MR) is 127 cm³/mol. The van der Waals surface area contributed by atoms with Gasteiger partial charge in [-0.1, -0.05) is 55.1 Å². The summed E-state index contributed by atoms with van der Waals surface area (Å²) in [7, 11) is -7.53. The normalized spacial score (nSPS) is 11.8. The molecule has 0 spiro atoms. The van der Waals surface area contributed by atoms with Crippen molar-refractivity contribution in [2.24, 2.45) is 0 Å². The highest BCUT2D eigenvalue weighted by atomic mass is 32.2. The van der Waals surface area contributed by atoms with Crippen molar-refractivity contribution in [1.82, 2.24) is 0 Å². The molecule has 0 atom stereocenters. The van der Waals surface area contributed by atoms with Crippen molar-refractivity contribution >= 4 is 25.6 Å². The second-order valence-corrected chi connectivity index (χ2v) is 11.7. The van der Waals surface area contributed by atoms with Crippen LogP contribution in [0.1, 0.15) is 18.4 Å². The van der Waals surface area contributed by atoms with Gasteiger partial charge in [0, 0.05) is 11.5 Å². The minimum atomic E-state index is -3.76. The Balaban J connectivity index is 1.95. The third-order valence-corrected chi connectivity index (χ3v) is 8.62. The van der Waals surface area contributed by atoms with Crippen LogP contribution in [0.15, 0.2) is 107 Å². The summed E-state index contributed by atoms with van der Waals surface area (Å²) in [6, 6.07) is 22.0. The standard InChI is InChI=1S/C25H24O6S2/c1-19(2)25(26)31-22-15-13-20(14-16-22)21(17-32(27,28)23-9-5-3-6-10-23)18-33(29,30)24-11-7-4-8-12-24/h3-16,21H,1,17-18H2,2H3. The highest BCUT2D eigenvalue weighted by Gasteiger charge is 2.28. The molecule has 0 bridgehead atoms. The molecule has 6 nitrogen and oxygen atoms in total. The number of esters is 1. The van der Waals surface area contributed by atoms with Crippen LogP contribution < -0.4 is 4.74 Å². The number of hydrogen-bond donors (Lipinski definition) is 0. The van der Waals surface area contributed by atoms with Crippen molar-refractivity contribution in [1.29, 1.82) is 0 Å². The molecular weight excluding hydrogens is 460 g/mol. The van der Waals surface area contributed by atoms with Gasteiger partial charge < -0.3 is 4.74 Å². The molecule has 0 radical (unpaired) electrons. The summed E-state index contributed by atoms with van der Waals surface area (Å²) in [5, 5.41) is 0. The fourth-order valence-corrected chi connectivity index (χ4v) is 6.58. The number of carbonyl (C=O) groups is 1. The highest BCUT2D eigenvalue weighted by molar-refractivity contribution is 7.92. The molecule has 3 aromatic rings. The van der Waals surface area contributed by atoms with Gasteiger partial charge in [-0.15, -0.1) is 0 Å². The van der Waals surface area contributed by atoms with Gasteiger partial charge in [0.1, 0.15) is 5.75 Å². The summed E-state index contributed by atoms with van der Waals surface area (Å²) < 4.78 is 57.4. The van der Waals surface area contributed by atoms with Crippen LogP contribution in [-0.2, 0) is 24.5 Å². The summed E-state index contributed by atoms with van der Waals surface area (Å²) in [5.74, 6) is -1.96. The third kappa shape index (κ3) is 6.40. The van der Waals surface area contributed by atoms with E-state index in [1.165, 1.54) is 43.3 Å². The van der Waals surface area contributed by atoms with Crippen LogP contribution in [0, 0.1) is 0 Å². The summed E-state index contributed by atoms with van der Waals surface area (Å²) in [6.45, 7) is 5.05. The minimum Gasteiger partial charge on any atom is -0.423 e. The number of rotatable bonds is 9. The predicted octanol–water partition coefficient (Wildman–Crippen LogP) is 4.20. The van der Waals surface area contributed by atoms with Crippen LogP contribution in [-0.4, -0.2) is 34.3 Å². The van der Waals surface area contributed by atoms with Crippen LogP contribution in [0.2, 0.25) is 0 Å². The van der Waals surface area contributed by atoms with E-state index in [9.17, 15) is 21.6 Å². The smallest absolute Gasteiger partial charge is 0.338 e. The SMILES string of the molecule is C=C(C)C(=O)Oc1ccc(C(CS(=O)(=O)c2ccccc2)CS(=O)(=O)c2ccccc2)cc1. The Kier molecular flexibility index (Phi) is 7.50. The first-order valence-corrected chi connectivity index (χ1v) is 13.4. The maximum absolute atomic E-state index is 13.1. The van der Waals surface area contributed by atoms with Gasteiger partial charge in [-0.2, -0.15) is 0 Å². The van der Waals surface area contributed by atoms with Gasteiger partial charge in [-0.3, -0.25) is 0 Å². The molecule has 0 heterocycles. The Morgan fingerprint density at radius 1 is 0.758 bits per heavy atom. The number of hydrogen-bond acceptors (Lipinski definition) is 6. The lowest BCUT2D eigenvalue weighted by molar-refractivity contribution is -0.130. The van der Waals surface area contributed by atoms with E-state index in [4.69, 9.17) is 4.74 Å². The number of sulfone groups is 2. The molecule has 0 unspecified atom stereocenters. The van der Waals surface area contributed by atoms with Crippen molar-refractivity contribution < 1.29 is 26.4 Å². The lowest BCUT2D eigenvalue weighted by Gasteiger charge is -2.18. The van der Waals surface area contributed by atoms with Gasteiger partial charge in [-0.25, -0.2) is 21.6 Å². The van der Waals surface area contributed by atoms with Crippen molar-refractivity contribution in [3.05, 3.63) is 103 Å². The summed E-state index contributed by atoms with van der Waals surface area (Å²) >= 11 is 0. The molecule has 33 heavy (non-hydrogen) atoms. The van der Waals surface area contributed by atoms with E-state index in [1.54, 1.807) is 48.5 Å². The lowest BCUT2D eigenvalue weighted by Crippen LogP contribution is -2.23. The topological polar surface area (TPSA) is 94.6 Å². The average Bonchev–Trinajstić information content (AvgIpc) is 2.80. The number of benzene rings is 3. The number of ether oxygens (including phenoxy) is 1. The zero-order valence-corrected chi connectivity index (χ0v) is 19.7. The van der Waals surface area contributed by atoms with Crippen LogP contribution in [0.4, 0.5) is 0 Å². The molecule has 3 rings (SSSR count). The molecule has 0 amide bonds. The molecule has 0 aliphatic rings. The Morgan fingerprint density at radius 3 is 1.58 bits per heavy atom. The highest BCUT2D eigenvalue weighted by Crippen LogP contribution is 2.28.